The van der Waals surface area contributed by atoms with Crippen molar-refractivity contribution in [2.75, 3.05) is 0 Å². The van der Waals surface area contributed by atoms with Gasteiger partial charge in [0.25, 0.3) is 0 Å². The lowest BCUT2D eigenvalue weighted by atomic mass is 9.97. The fraction of sp³-hybridized carbons (Fsp3) is 0. The Labute approximate surface area is 232 Å². The van der Waals surface area contributed by atoms with E-state index < -0.39 is 40.2 Å². The van der Waals surface area contributed by atoms with Gasteiger partial charge in [-0.25, -0.2) is 0 Å². The largest absolute Gasteiger partial charge is 0.506 e. The molecule has 7 N–H and O–H groups in total. The number of hydrogen-bond acceptors (Lipinski definition) is 8. The van der Waals surface area contributed by atoms with E-state index in [9.17, 15) is 35.7 Å². The standard InChI is InChI=1S/C30H18BrNO8/c31-15-7-4-8-17-19(15)14-11-12(9-10-16(14)40-17)18-24(33)20-21-23(28(37)30(39)29(38)26(21)35)32(13-5-2-1-3-6-13)22(20)27(36)25(18)34/h1-11,33-39H. The summed E-state index contributed by atoms with van der Waals surface area (Å²) in [6.45, 7) is 0. The molecule has 0 bridgehead atoms. The molecule has 5 aromatic carbocycles. The Morgan fingerprint density at radius 1 is 0.550 bits per heavy atom. The molecule has 7 aromatic rings. The highest BCUT2D eigenvalue weighted by Crippen LogP contribution is 2.59. The molecule has 198 valence electrons. The summed E-state index contributed by atoms with van der Waals surface area (Å²) in [5.41, 5.74) is 1.30. The average Bonchev–Trinajstić information content (AvgIpc) is 3.51. The number of hydrogen-bond donors (Lipinski definition) is 7. The molecule has 2 heterocycles. The summed E-state index contributed by atoms with van der Waals surface area (Å²) in [6.07, 6.45) is 0. The second kappa shape index (κ2) is 8.14. The molecular weight excluding hydrogens is 582 g/mol. The minimum Gasteiger partial charge on any atom is -0.506 e. The third-order valence-corrected chi connectivity index (χ3v) is 7.87. The maximum atomic E-state index is 11.7. The van der Waals surface area contributed by atoms with Crippen molar-refractivity contribution in [3.8, 4) is 57.1 Å². The minimum absolute atomic E-state index is 0.160. The molecule has 0 aliphatic carbocycles. The van der Waals surface area contributed by atoms with Gasteiger partial charge in [0.2, 0.25) is 11.5 Å². The van der Waals surface area contributed by atoms with Gasteiger partial charge in [-0.15, -0.1) is 0 Å². The van der Waals surface area contributed by atoms with E-state index >= 15 is 0 Å². The van der Waals surface area contributed by atoms with Crippen LogP contribution in [0.3, 0.4) is 0 Å². The van der Waals surface area contributed by atoms with E-state index in [0.717, 1.165) is 9.86 Å². The average molecular weight is 600 g/mol. The van der Waals surface area contributed by atoms with Gasteiger partial charge in [-0.05, 0) is 42.0 Å². The van der Waals surface area contributed by atoms with Crippen molar-refractivity contribution in [2.24, 2.45) is 0 Å². The zero-order valence-electron chi connectivity index (χ0n) is 20.2. The number of phenolic OH excluding ortho intramolecular Hbond substituents is 7. The molecule has 40 heavy (non-hydrogen) atoms. The molecule has 0 spiro atoms. The van der Waals surface area contributed by atoms with Crippen molar-refractivity contribution in [1.29, 1.82) is 0 Å². The van der Waals surface area contributed by atoms with Gasteiger partial charge in [0, 0.05) is 20.9 Å². The zero-order chi connectivity index (χ0) is 28.0. The van der Waals surface area contributed by atoms with Gasteiger partial charge in [0.1, 0.15) is 27.9 Å². The number of fused-ring (bicyclic) bond motifs is 6. The van der Waals surface area contributed by atoms with Crippen LogP contribution in [0.4, 0.5) is 0 Å². The Morgan fingerprint density at radius 2 is 1.20 bits per heavy atom. The van der Waals surface area contributed by atoms with E-state index in [-0.39, 0.29) is 27.4 Å². The number of phenols is 7. The Hall–Kier alpha value is -5.22. The highest BCUT2D eigenvalue weighted by atomic mass is 79.9. The maximum absolute atomic E-state index is 11.7. The highest BCUT2D eigenvalue weighted by molar-refractivity contribution is 9.10. The number of benzene rings is 5. The van der Waals surface area contributed by atoms with E-state index in [1.807, 2.05) is 18.2 Å². The summed E-state index contributed by atoms with van der Waals surface area (Å²) in [5, 5.41) is 77.9. The molecule has 0 unspecified atom stereocenters. The Kier molecular flexibility index (Phi) is 4.86. The van der Waals surface area contributed by atoms with Crippen LogP contribution in [0.1, 0.15) is 0 Å². The summed E-state index contributed by atoms with van der Waals surface area (Å²) in [7, 11) is 0. The molecule has 0 saturated heterocycles. The number of nitrogens with zero attached hydrogens (tertiary/aromatic N) is 1. The maximum Gasteiger partial charge on any atom is 0.206 e. The van der Waals surface area contributed by atoms with Crippen LogP contribution in [-0.2, 0) is 0 Å². The molecule has 0 aliphatic heterocycles. The topological polar surface area (TPSA) is 160 Å². The molecule has 0 fully saturated rings. The summed E-state index contributed by atoms with van der Waals surface area (Å²) in [5.74, 6) is -5.52. The van der Waals surface area contributed by atoms with Crippen LogP contribution >= 0.6 is 15.9 Å². The second-order valence-corrected chi connectivity index (χ2v) is 10.2. The van der Waals surface area contributed by atoms with Crippen molar-refractivity contribution >= 4 is 59.7 Å². The van der Waals surface area contributed by atoms with Crippen LogP contribution in [0.5, 0.6) is 40.2 Å². The number of aromatic hydroxyl groups is 7. The van der Waals surface area contributed by atoms with Gasteiger partial charge in [-0.3, -0.25) is 0 Å². The van der Waals surface area contributed by atoms with Crippen molar-refractivity contribution in [3.05, 3.63) is 71.2 Å². The lowest BCUT2D eigenvalue weighted by Crippen LogP contribution is -1.95. The number of para-hydroxylation sites is 1. The SMILES string of the molecule is Oc1c(O)c(O)c2c(c1O)c1c(O)c(-c3ccc4oc5cccc(Br)c5c4c3)c(O)c(O)c1n2-c1ccccc1. The third kappa shape index (κ3) is 2.96. The first kappa shape index (κ1) is 23.9. The van der Waals surface area contributed by atoms with Gasteiger partial charge in [0.05, 0.1) is 16.3 Å². The van der Waals surface area contributed by atoms with Crippen molar-refractivity contribution in [2.45, 2.75) is 0 Å². The summed E-state index contributed by atoms with van der Waals surface area (Å²) >= 11 is 3.53. The van der Waals surface area contributed by atoms with Crippen LogP contribution in [0.15, 0.2) is 75.6 Å². The summed E-state index contributed by atoms with van der Waals surface area (Å²) in [4.78, 5) is 0. The normalized spacial score (nSPS) is 11.8. The molecule has 10 heteroatoms. The smallest absolute Gasteiger partial charge is 0.206 e. The van der Waals surface area contributed by atoms with Gasteiger partial charge >= 0.3 is 0 Å². The van der Waals surface area contributed by atoms with Crippen LogP contribution < -0.4 is 0 Å². The highest BCUT2D eigenvalue weighted by Gasteiger charge is 2.32. The zero-order valence-corrected chi connectivity index (χ0v) is 21.8. The Bertz CT molecular complexity index is 2200. The number of halogens is 1. The van der Waals surface area contributed by atoms with E-state index in [1.54, 1.807) is 48.5 Å². The summed E-state index contributed by atoms with van der Waals surface area (Å²) in [6, 6.07) is 18.8. The van der Waals surface area contributed by atoms with E-state index in [0.29, 0.717) is 27.8 Å². The van der Waals surface area contributed by atoms with E-state index in [4.69, 9.17) is 4.42 Å². The predicted octanol–water partition coefficient (Wildman–Crippen LogP) is 7.05. The van der Waals surface area contributed by atoms with Crippen molar-refractivity contribution in [1.82, 2.24) is 4.57 Å². The molecule has 0 saturated carbocycles. The molecule has 0 amide bonds. The number of aromatic nitrogens is 1. The van der Waals surface area contributed by atoms with Crippen LogP contribution in [-0.4, -0.2) is 40.3 Å². The Morgan fingerprint density at radius 3 is 1.93 bits per heavy atom. The number of furan rings is 1. The van der Waals surface area contributed by atoms with E-state index in [2.05, 4.69) is 15.9 Å². The molecule has 0 aliphatic rings. The van der Waals surface area contributed by atoms with Crippen molar-refractivity contribution in [3.63, 3.8) is 0 Å². The van der Waals surface area contributed by atoms with E-state index in [1.165, 1.54) is 4.57 Å². The molecule has 2 aromatic heterocycles. The van der Waals surface area contributed by atoms with Crippen LogP contribution in [0, 0.1) is 0 Å². The van der Waals surface area contributed by atoms with Gasteiger partial charge < -0.3 is 44.7 Å². The second-order valence-electron chi connectivity index (χ2n) is 9.36. The molecular formula is C30H18BrNO8. The quantitative estimate of drug-likeness (QED) is 0.0821. The predicted molar refractivity (Wildman–Crippen MR) is 153 cm³/mol. The lowest BCUT2D eigenvalue weighted by Gasteiger charge is -2.14. The minimum atomic E-state index is -1.01. The van der Waals surface area contributed by atoms with Crippen LogP contribution in [0.2, 0.25) is 0 Å². The number of rotatable bonds is 2. The first-order valence-electron chi connectivity index (χ1n) is 12.0. The fourth-order valence-corrected chi connectivity index (χ4v) is 6.01. The molecule has 0 radical (unpaired) electrons. The third-order valence-electron chi connectivity index (χ3n) is 7.21. The molecule has 7 rings (SSSR count). The first-order valence-corrected chi connectivity index (χ1v) is 12.8. The van der Waals surface area contributed by atoms with Gasteiger partial charge in [0.15, 0.2) is 23.0 Å². The molecule has 9 nitrogen and oxygen atoms in total. The van der Waals surface area contributed by atoms with Gasteiger partial charge in [-0.2, -0.15) is 0 Å². The summed E-state index contributed by atoms with van der Waals surface area (Å²) < 4.78 is 7.96. The van der Waals surface area contributed by atoms with Crippen molar-refractivity contribution < 1.29 is 40.2 Å². The van der Waals surface area contributed by atoms with Crippen LogP contribution in [0.25, 0.3) is 60.6 Å². The monoisotopic (exact) mass is 599 g/mol. The fourth-order valence-electron chi connectivity index (χ4n) is 5.45. The molecule has 0 atom stereocenters. The first-order chi connectivity index (χ1) is 19.2. The lowest BCUT2D eigenvalue weighted by molar-refractivity contribution is 0.350. The van der Waals surface area contributed by atoms with Gasteiger partial charge in [-0.1, -0.05) is 46.3 Å². The Balaban J connectivity index is 1.67.